The summed E-state index contributed by atoms with van der Waals surface area (Å²) in [6, 6.07) is 7.90. The minimum absolute atomic E-state index is 0.00640. The number of thiazole rings is 1. The summed E-state index contributed by atoms with van der Waals surface area (Å²) < 4.78 is 26.7. The van der Waals surface area contributed by atoms with E-state index in [2.05, 4.69) is 15.6 Å². The maximum Gasteiger partial charge on any atom is 0.275 e. The molecule has 4 rings (SSSR count). The first kappa shape index (κ1) is 25.1. The Morgan fingerprint density at radius 3 is 2.31 bits per heavy atom. The molecule has 2 heterocycles. The van der Waals surface area contributed by atoms with Crippen molar-refractivity contribution in [3.8, 4) is 28.7 Å². The molecule has 0 fully saturated rings. The molecular weight excluding hydrogens is 486 g/mol. The second-order valence-corrected chi connectivity index (χ2v) is 9.09. The van der Waals surface area contributed by atoms with E-state index in [1.165, 1.54) is 32.7 Å². The maximum absolute atomic E-state index is 13.2. The van der Waals surface area contributed by atoms with E-state index in [4.69, 9.17) is 23.7 Å². The number of fused-ring (bicyclic) bond motifs is 1. The number of benzene rings is 2. The molecular formula is C25H27N3O7S. The molecule has 190 valence electrons. The highest BCUT2D eigenvalue weighted by molar-refractivity contribution is 7.10. The van der Waals surface area contributed by atoms with Gasteiger partial charge in [0.05, 0.1) is 27.4 Å². The predicted molar refractivity (Wildman–Crippen MR) is 134 cm³/mol. The molecule has 2 aromatic carbocycles. The lowest BCUT2D eigenvalue weighted by atomic mass is 10.0. The molecule has 1 atom stereocenters. The van der Waals surface area contributed by atoms with Gasteiger partial charge < -0.3 is 34.3 Å². The van der Waals surface area contributed by atoms with Gasteiger partial charge in [-0.05, 0) is 30.2 Å². The van der Waals surface area contributed by atoms with Crippen LogP contribution in [0, 0.1) is 5.92 Å². The van der Waals surface area contributed by atoms with Gasteiger partial charge in [0.2, 0.25) is 12.5 Å². The number of hydrogen-bond acceptors (Lipinski definition) is 9. The lowest BCUT2D eigenvalue weighted by Gasteiger charge is -2.21. The van der Waals surface area contributed by atoms with Crippen LogP contribution in [-0.2, 0) is 0 Å². The standard InChI is InChI=1S/C25H27N3O7S/c1-13(2)21(28-23(29)14-8-19(31-3)22(33-5)20(9-14)32-4)25-27-16(11-36-25)24(30)26-15-6-7-17-18(10-15)35-12-34-17/h6-11,13,21H,12H2,1-5H3,(H,26,30)(H,28,29)/t21-/m0/s1. The summed E-state index contributed by atoms with van der Waals surface area (Å²) in [4.78, 5) is 30.5. The average molecular weight is 514 g/mol. The summed E-state index contributed by atoms with van der Waals surface area (Å²) >= 11 is 1.30. The van der Waals surface area contributed by atoms with E-state index in [1.54, 1.807) is 35.7 Å². The van der Waals surface area contributed by atoms with Crippen LogP contribution in [0.2, 0.25) is 0 Å². The number of rotatable bonds is 9. The highest BCUT2D eigenvalue weighted by atomic mass is 32.1. The summed E-state index contributed by atoms with van der Waals surface area (Å²) in [6.45, 7) is 4.09. The molecule has 36 heavy (non-hydrogen) atoms. The molecule has 10 nitrogen and oxygen atoms in total. The van der Waals surface area contributed by atoms with Crippen molar-refractivity contribution in [3.63, 3.8) is 0 Å². The number of hydrogen-bond donors (Lipinski definition) is 2. The van der Waals surface area contributed by atoms with E-state index >= 15 is 0 Å². The number of aromatic nitrogens is 1. The zero-order chi connectivity index (χ0) is 25.8. The van der Waals surface area contributed by atoms with Gasteiger partial charge in [-0.3, -0.25) is 9.59 Å². The number of amides is 2. The van der Waals surface area contributed by atoms with Gasteiger partial charge in [0, 0.05) is 22.7 Å². The Morgan fingerprint density at radius 2 is 1.67 bits per heavy atom. The first-order chi connectivity index (χ1) is 17.3. The molecule has 2 N–H and O–H groups in total. The molecule has 3 aromatic rings. The van der Waals surface area contributed by atoms with Crippen LogP contribution in [0.15, 0.2) is 35.7 Å². The molecule has 2 amide bonds. The van der Waals surface area contributed by atoms with E-state index in [0.29, 0.717) is 45.0 Å². The van der Waals surface area contributed by atoms with Gasteiger partial charge >= 0.3 is 0 Å². The van der Waals surface area contributed by atoms with Gasteiger partial charge in [-0.2, -0.15) is 0 Å². The van der Waals surface area contributed by atoms with E-state index in [-0.39, 0.29) is 30.2 Å². The fraction of sp³-hybridized carbons (Fsp3) is 0.320. The molecule has 0 bridgehead atoms. The van der Waals surface area contributed by atoms with Gasteiger partial charge in [-0.25, -0.2) is 4.98 Å². The SMILES string of the molecule is COc1cc(C(=O)N[C@H](c2nc(C(=O)Nc3ccc4c(c3)OCO4)cs2)C(C)C)cc(OC)c1OC. The number of carbonyl (C=O) groups excluding carboxylic acids is 2. The zero-order valence-corrected chi connectivity index (χ0v) is 21.4. The molecule has 1 aromatic heterocycles. The Balaban J connectivity index is 1.50. The van der Waals surface area contributed by atoms with Crippen molar-refractivity contribution >= 4 is 28.8 Å². The van der Waals surface area contributed by atoms with Gasteiger partial charge in [0.15, 0.2) is 23.0 Å². The van der Waals surface area contributed by atoms with E-state index in [9.17, 15) is 9.59 Å². The highest BCUT2D eigenvalue weighted by Crippen LogP contribution is 2.38. The van der Waals surface area contributed by atoms with Crippen LogP contribution in [0.25, 0.3) is 0 Å². The van der Waals surface area contributed by atoms with Gasteiger partial charge in [0.25, 0.3) is 11.8 Å². The summed E-state index contributed by atoms with van der Waals surface area (Å²) in [7, 11) is 4.47. The van der Waals surface area contributed by atoms with Crippen LogP contribution in [-0.4, -0.2) is 44.9 Å². The lowest BCUT2D eigenvalue weighted by molar-refractivity contribution is 0.0924. The minimum atomic E-state index is -0.423. The maximum atomic E-state index is 13.2. The number of methoxy groups -OCH3 is 3. The third kappa shape index (κ3) is 5.15. The van der Waals surface area contributed by atoms with Gasteiger partial charge in [-0.1, -0.05) is 13.8 Å². The second-order valence-electron chi connectivity index (χ2n) is 8.20. The Kier molecular flexibility index (Phi) is 7.49. The molecule has 0 spiro atoms. The largest absolute Gasteiger partial charge is 0.493 e. The van der Waals surface area contributed by atoms with Crippen molar-refractivity contribution in [1.29, 1.82) is 0 Å². The van der Waals surface area contributed by atoms with Crippen molar-refractivity contribution in [2.45, 2.75) is 19.9 Å². The molecule has 0 aliphatic carbocycles. The van der Waals surface area contributed by atoms with Crippen molar-refractivity contribution in [1.82, 2.24) is 10.3 Å². The van der Waals surface area contributed by atoms with Crippen LogP contribution in [0.1, 0.15) is 45.7 Å². The fourth-order valence-corrected chi connectivity index (χ4v) is 4.68. The average Bonchev–Trinajstić information content (AvgIpc) is 3.55. The monoisotopic (exact) mass is 513 g/mol. The minimum Gasteiger partial charge on any atom is -0.493 e. The lowest BCUT2D eigenvalue weighted by Crippen LogP contribution is -2.32. The first-order valence-corrected chi connectivity index (χ1v) is 12.0. The van der Waals surface area contributed by atoms with Crippen molar-refractivity contribution in [2.24, 2.45) is 5.92 Å². The number of anilines is 1. The summed E-state index contributed by atoms with van der Waals surface area (Å²) in [5.41, 5.74) is 1.16. The summed E-state index contributed by atoms with van der Waals surface area (Å²) in [5, 5.41) is 8.11. The molecule has 1 aliphatic rings. The molecule has 0 unspecified atom stereocenters. The number of carbonyl (C=O) groups is 2. The Labute approximate surface area is 212 Å². The third-order valence-electron chi connectivity index (χ3n) is 5.53. The van der Waals surface area contributed by atoms with Crippen molar-refractivity contribution < 1.29 is 33.3 Å². The van der Waals surface area contributed by atoms with E-state index in [1.807, 2.05) is 13.8 Å². The first-order valence-electron chi connectivity index (χ1n) is 11.1. The van der Waals surface area contributed by atoms with Crippen molar-refractivity contribution in [3.05, 3.63) is 52.0 Å². The highest BCUT2D eigenvalue weighted by Gasteiger charge is 2.25. The van der Waals surface area contributed by atoms with Crippen molar-refractivity contribution in [2.75, 3.05) is 33.4 Å². The van der Waals surface area contributed by atoms with Crippen LogP contribution < -0.4 is 34.3 Å². The van der Waals surface area contributed by atoms with Crippen LogP contribution >= 0.6 is 11.3 Å². The topological polar surface area (TPSA) is 117 Å². The molecule has 0 saturated heterocycles. The number of nitrogens with zero attached hydrogens (tertiary/aromatic N) is 1. The van der Waals surface area contributed by atoms with E-state index in [0.717, 1.165) is 0 Å². The van der Waals surface area contributed by atoms with Crippen LogP contribution in [0.3, 0.4) is 0 Å². The predicted octanol–water partition coefficient (Wildman–Crippen LogP) is 4.28. The molecule has 0 saturated carbocycles. The summed E-state index contributed by atoms with van der Waals surface area (Å²) in [5.74, 6) is 1.65. The van der Waals surface area contributed by atoms with Gasteiger partial charge in [0.1, 0.15) is 10.7 Å². The van der Waals surface area contributed by atoms with E-state index < -0.39 is 6.04 Å². The molecule has 0 radical (unpaired) electrons. The quantitative estimate of drug-likeness (QED) is 0.436. The summed E-state index contributed by atoms with van der Waals surface area (Å²) in [6.07, 6.45) is 0. The fourth-order valence-electron chi connectivity index (χ4n) is 3.65. The molecule has 1 aliphatic heterocycles. The molecule has 11 heteroatoms. The normalized spacial score (nSPS) is 12.7. The number of nitrogens with one attached hydrogen (secondary N) is 2. The smallest absolute Gasteiger partial charge is 0.275 e. The number of ether oxygens (including phenoxy) is 5. The Bertz CT molecular complexity index is 1250. The van der Waals surface area contributed by atoms with Gasteiger partial charge in [-0.15, -0.1) is 11.3 Å². The third-order valence-corrected chi connectivity index (χ3v) is 6.46. The Hall–Kier alpha value is -3.99. The van der Waals surface area contributed by atoms with Crippen LogP contribution in [0.5, 0.6) is 28.7 Å². The Morgan fingerprint density at radius 1 is 0.972 bits per heavy atom. The zero-order valence-electron chi connectivity index (χ0n) is 20.5. The second kappa shape index (κ2) is 10.7. The van der Waals surface area contributed by atoms with Crippen LogP contribution in [0.4, 0.5) is 5.69 Å².